The van der Waals surface area contributed by atoms with E-state index in [4.69, 9.17) is 9.47 Å². The molecule has 5 rings (SSSR count). The predicted octanol–water partition coefficient (Wildman–Crippen LogP) is 3.53. The minimum absolute atomic E-state index is 0.183. The lowest BCUT2D eigenvalue weighted by Gasteiger charge is -2.41. The average Bonchev–Trinajstić information content (AvgIpc) is 3.59. The lowest BCUT2D eigenvalue weighted by molar-refractivity contribution is 0.0764. The van der Waals surface area contributed by atoms with E-state index in [-0.39, 0.29) is 11.9 Å². The van der Waals surface area contributed by atoms with E-state index in [1.165, 1.54) is 37.8 Å². The summed E-state index contributed by atoms with van der Waals surface area (Å²) in [6.45, 7) is 4.34. The summed E-state index contributed by atoms with van der Waals surface area (Å²) in [4.78, 5) is 5.09. The minimum atomic E-state index is -0.258. The number of halogens is 1. The highest BCUT2D eigenvalue weighted by molar-refractivity contribution is 5.44. The van der Waals surface area contributed by atoms with Crippen LogP contribution in [0.25, 0.3) is 0 Å². The molecule has 186 valence electrons. The maximum Gasteiger partial charge on any atom is 0.173 e. The second kappa shape index (κ2) is 10.7. The number of benzene rings is 2. The molecular formula is C26H33FN6O2. The highest BCUT2D eigenvalue weighted by Gasteiger charge is 2.34. The summed E-state index contributed by atoms with van der Waals surface area (Å²) in [5.74, 6) is 1.96. The summed E-state index contributed by atoms with van der Waals surface area (Å²) in [7, 11) is 3.33. The first kappa shape index (κ1) is 23.7. The first-order valence-corrected chi connectivity index (χ1v) is 12.4. The molecule has 2 heterocycles. The van der Waals surface area contributed by atoms with Gasteiger partial charge in [-0.15, -0.1) is 5.10 Å². The third-order valence-electron chi connectivity index (χ3n) is 7.34. The molecule has 1 aliphatic carbocycles. The van der Waals surface area contributed by atoms with Crippen molar-refractivity contribution in [2.75, 3.05) is 40.4 Å². The van der Waals surface area contributed by atoms with Gasteiger partial charge in [-0.25, -0.2) is 9.07 Å². The molecule has 35 heavy (non-hydrogen) atoms. The summed E-state index contributed by atoms with van der Waals surface area (Å²) in [6.07, 6.45) is 5.31. The van der Waals surface area contributed by atoms with Crippen molar-refractivity contribution in [3.63, 3.8) is 0 Å². The molecular weight excluding hydrogens is 447 g/mol. The second-order valence-electron chi connectivity index (χ2n) is 9.34. The van der Waals surface area contributed by atoms with Crippen LogP contribution in [0, 0.1) is 5.82 Å². The molecule has 0 spiro atoms. The number of ether oxygens (including phenoxy) is 2. The highest BCUT2D eigenvalue weighted by Crippen LogP contribution is 2.37. The Hall–Kier alpha value is -3.04. The smallest absolute Gasteiger partial charge is 0.173 e. The molecule has 2 aliphatic rings. The maximum absolute atomic E-state index is 13.4. The largest absolute Gasteiger partial charge is 0.497 e. The molecule has 3 aromatic rings. The van der Waals surface area contributed by atoms with Crippen LogP contribution >= 0.6 is 0 Å². The van der Waals surface area contributed by atoms with Crippen LogP contribution in [0.15, 0.2) is 42.5 Å². The van der Waals surface area contributed by atoms with Crippen LogP contribution in [0.4, 0.5) is 4.39 Å². The van der Waals surface area contributed by atoms with Gasteiger partial charge in [0.15, 0.2) is 5.82 Å². The topological polar surface area (TPSA) is 68.5 Å². The molecule has 1 aliphatic heterocycles. The molecule has 0 bridgehead atoms. The maximum atomic E-state index is 13.4. The van der Waals surface area contributed by atoms with Crippen LogP contribution in [-0.4, -0.2) is 76.4 Å². The van der Waals surface area contributed by atoms with E-state index in [9.17, 15) is 4.39 Å². The van der Waals surface area contributed by atoms with E-state index in [2.05, 4.69) is 25.3 Å². The standard InChI is InChI=1S/C26H33FN6O2/c1-34-22-11-12-23(24(17-22)35-2)25(32-15-13-31(14-16-32)21-5-3-4-6-21)26-28-29-30-33(26)18-19-7-9-20(27)10-8-19/h7-12,17,21,25H,3-6,13-16,18H2,1-2H3. The molecule has 2 fully saturated rings. The monoisotopic (exact) mass is 480 g/mol. The third-order valence-corrected chi connectivity index (χ3v) is 7.34. The number of aromatic nitrogens is 4. The SMILES string of the molecule is COc1ccc(C(c2nnnn2Cc2ccc(F)cc2)N2CCN(C3CCCC3)CC2)c(OC)c1. The number of hydrogen-bond donors (Lipinski definition) is 0. The molecule has 0 amide bonds. The highest BCUT2D eigenvalue weighted by atomic mass is 19.1. The minimum Gasteiger partial charge on any atom is -0.497 e. The summed E-state index contributed by atoms with van der Waals surface area (Å²) in [6, 6.07) is 12.9. The Kier molecular flexibility index (Phi) is 7.24. The number of methoxy groups -OCH3 is 2. The fourth-order valence-corrected chi connectivity index (χ4v) is 5.46. The van der Waals surface area contributed by atoms with Gasteiger partial charge in [0, 0.05) is 43.9 Å². The summed E-state index contributed by atoms with van der Waals surface area (Å²) in [5, 5.41) is 12.8. The molecule has 0 radical (unpaired) electrons. The van der Waals surface area contributed by atoms with Gasteiger partial charge in [-0.2, -0.15) is 0 Å². The van der Waals surface area contributed by atoms with E-state index in [0.29, 0.717) is 6.54 Å². The van der Waals surface area contributed by atoms with Gasteiger partial charge in [-0.05, 0) is 53.1 Å². The van der Waals surface area contributed by atoms with Crippen molar-refractivity contribution < 1.29 is 13.9 Å². The van der Waals surface area contributed by atoms with Gasteiger partial charge in [0.05, 0.1) is 20.8 Å². The molecule has 1 atom stereocenters. The van der Waals surface area contributed by atoms with Crippen molar-refractivity contribution in [3.05, 3.63) is 65.2 Å². The van der Waals surface area contributed by atoms with Crippen LogP contribution in [-0.2, 0) is 6.54 Å². The normalized spacial score (nSPS) is 18.6. The molecule has 2 aromatic carbocycles. The molecule has 1 saturated heterocycles. The van der Waals surface area contributed by atoms with Gasteiger partial charge in [-0.3, -0.25) is 9.80 Å². The van der Waals surface area contributed by atoms with Gasteiger partial charge < -0.3 is 9.47 Å². The second-order valence-corrected chi connectivity index (χ2v) is 9.34. The Morgan fingerprint density at radius 2 is 1.71 bits per heavy atom. The summed E-state index contributed by atoms with van der Waals surface area (Å²) in [5.41, 5.74) is 1.93. The van der Waals surface area contributed by atoms with E-state index in [0.717, 1.165) is 60.7 Å². The summed E-state index contributed by atoms with van der Waals surface area (Å²) >= 11 is 0. The Bertz CT molecular complexity index is 1110. The zero-order valence-corrected chi connectivity index (χ0v) is 20.4. The fourth-order valence-electron chi connectivity index (χ4n) is 5.46. The molecule has 9 heteroatoms. The molecule has 1 saturated carbocycles. The molecule has 1 aromatic heterocycles. The summed E-state index contributed by atoms with van der Waals surface area (Å²) < 4.78 is 26.5. The Balaban J connectivity index is 1.47. The van der Waals surface area contributed by atoms with Crippen LogP contribution in [0.2, 0.25) is 0 Å². The van der Waals surface area contributed by atoms with Gasteiger partial charge >= 0.3 is 0 Å². The average molecular weight is 481 g/mol. The number of tetrazole rings is 1. The lowest BCUT2D eigenvalue weighted by Crippen LogP contribution is -2.51. The first-order valence-electron chi connectivity index (χ1n) is 12.4. The van der Waals surface area contributed by atoms with Crippen molar-refractivity contribution in [2.45, 2.75) is 44.3 Å². The zero-order valence-electron chi connectivity index (χ0n) is 20.4. The Labute approximate surface area is 205 Å². The predicted molar refractivity (Wildman–Crippen MR) is 130 cm³/mol. The van der Waals surface area contributed by atoms with Crippen molar-refractivity contribution in [1.82, 2.24) is 30.0 Å². The van der Waals surface area contributed by atoms with Crippen molar-refractivity contribution in [3.8, 4) is 11.5 Å². The van der Waals surface area contributed by atoms with Gasteiger partial charge in [0.2, 0.25) is 0 Å². The lowest BCUT2D eigenvalue weighted by atomic mass is 10.0. The van der Waals surface area contributed by atoms with Crippen molar-refractivity contribution in [2.24, 2.45) is 0 Å². The van der Waals surface area contributed by atoms with Crippen LogP contribution in [0.5, 0.6) is 11.5 Å². The van der Waals surface area contributed by atoms with Gasteiger partial charge in [0.1, 0.15) is 23.4 Å². The number of nitrogens with zero attached hydrogens (tertiary/aromatic N) is 6. The van der Waals surface area contributed by atoms with E-state index in [1.54, 1.807) is 26.4 Å². The third kappa shape index (κ3) is 5.16. The number of rotatable bonds is 8. The van der Waals surface area contributed by atoms with Gasteiger partial charge in [0.25, 0.3) is 0 Å². The number of hydrogen-bond acceptors (Lipinski definition) is 7. The first-order chi connectivity index (χ1) is 17.2. The number of piperazine rings is 1. The fraction of sp³-hybridized carbons (Fsp3) is 0.500. The van der Waals surface area contributed by atoms with Crippen LogP contribution in [0.3, 0.4) is 0 Å². The zero-order chi connectivity index (χ0) is 24.2. The Morgan fingerprint density at radius 3 is 2.40 bits per heavy atom. The van der Waals surface area contributed by atoms with Crippen molar-refractivity contribution >= 4 is 0 Å². The molecule has 1 unspecified atom stereocenters. The van der Waals surface area contributed by atoms with E-state index in [1.807, 2.05) is 22.9 Å². The molecule has 8 nitrogen and oxygen atoms in total. The van der Waals surface area contributed by atoms with Gasteiger partial charge in [-0.1, -0.05) is 25.0 Å². The van der Waals surface area contributed by atoms with Crippen LogP contribution < -0.4 is 9.47 Å². The van der Waals surface area contributed by atoms with Crippen molar-refractivity contribution in [1.29, 1.82) is 0 Å². The quantitative estimate of drug-likeness (QED) is 0.489. The molecule has 0 N–H and O–H groups in total. The van der Waals surface area contributed by atoms with E-state index >= 15 is 0 Å². The van der Waals surface area contributed by atoms with E-state index < -0.39 is 0 Å². The Morgan fingerprint density at radius 1 is 0.971 bits per heavy atom. The van der Waals surface area contributed by atoms with Crippen LogP contribution in [0.1, 0.15) is 48.7 Å².